The van der Waals surface area contributed by atoms with Gasteiger partial charge in [-0.1, -0.05) is 41.4 Å². The second-order valence-electron chi connectivity index (χ2n) is 7.54. The van der Waals surface area contributed by atoms with Gasteiger partial charge in [0.15, 0.2) is 23.0 Å². The summed E-state index contributed by atoms with van der Waals surface area (Å²) in [4.78, 5) is 12.5. The number of hydrogen-bond acceptors (Lipinski definition) is 6. The van der Waals surface area contributed by atoms with Crippen LogP contribution in [-0.2, 0) is 6.61 Å². The summed E-state index contributed by atoms with van der Waals surface area (Å²) in [5, 5.41) is 4.44. The van der Waals surface area contributed by atoms with Crippen molar-refractivity contribution in [1.29, 1.82) is 0 Å². The number of carbonyl (C=O) groups is 1. The summed E-state index contributed by atoms with van der Waals surface area (Å²) in [7, 11) is 1.52. The standard InChI is InChI=1S/C27H29ClN2O5/c1-5-33-23-12-11-21(15-24(23)32-4)27(31)30-29-16-20-13-22(28)26(25(14-20)34-6-2)35-17-19-9-7-18(3)8-10-19/h7-16H,5-6,17H2,1-4H3,(H,30,31)/b29-16+. The number of benzene rings is 3. The van der Waals surface area contributed by atoms with Crippen molar-refractivity contribution in [3.8, 4) is 23.0 Å². The molecule has 0 aromatic heterocycles. The van der Waals surface area contributed by atoms with E-state index in [0.29, 0.717) is 59.0 Å². The van der Waals surface area contributed by atoms with Gasteiger partial charge in [-0.15, -0.1) is 0 Å². The van der Waals surface area contributed by atoms with Gasteiger partial charge in [-0.2, -0.15) is 5.10 Å². The van der Waals surface area contributed by atoms with Crippen LogP contribution in [0.4, 0.5) is 0 Å². The van der Waals surface area contributed by atoms with Gasteiger partial charge in [0, 0.05) is 5.56 Å². The van der Waals surface area contributed by atoms with Gasteiger partial charge < -0.3 is 18.9 Å². The molecule has 0 unspecified atom stereocenters. The number of carbonyl (C=O) groups excluding carboxylic acids is 1. The van der Waals surface area contributed by atoms with Crippen LogP contribution in [-0.4, -0.2) is 32.4 Å². The molecule has 0 aliphatic heterocycles. The van der Waals surface area contributed by atoms with Crippen molar-refractivity contribution in [2.75, 3.05) is 20.3 Å². The number of ether oxygens (including phenoxy) is 4. The summed E-state index contributed by atoms with van der Waals surface area (Å²) in [6, 6.07) is 16.5. The second-order valence-corrected chi connectivity index (χ2v) is 7.94. The van der Waals surface area contributed by atoms with E-state index in [9.17, 15) is 4.79 Å². The lowest BCUT2D eigenvalue weighted by Crippen LogP contribution is -2.17. The van der Waals surface area contributed by atoms with Crippen LogP contribution in [0.1, 0.15) is 40.9 Å². The molecule has 3 rings (SSSR count). The van der Waals surface area contributed by atoms with Crippen LogP contribution in [0.3, 0.4) is 0 Å². The van der Waals surface area contributed by atoms with Crippen LogP contribution >= 0.6 is 11.6 Å². The van der Waals surface area contributed by atoms with E-state index in [4.69, 9.17) is 30.5 Å². The van der Waals surface area contributed by atoms with Gasteiger partial charge in [-0.3, -0.25) is 4.79 Å². The zero-order valence-corrected chi connectivity index (χ0v) is 21.0. The summed E-state index contributed by atoms with van der Waals surface area (Å²) >= 11 is 6.49. The second kappa shape index (κ2) is 12.7. The molecule has 184 valence electrons. The van der Waals surface area contributed by atoms with Gasteiger partial charge in [0.1, 0.15) is 6.61 Å². The molecule has 0 heterocycles. The van der Waals surface area contributed by atoms with Crippen LogP contribution in [0.15, 0.2) is 59.7 Å². The normalized spacial score (nSPS) is 10.8. The van der Waals surface area contributed by atoms with E-state index in [2.05, 4.69) is 10.5 Å². The largest absolute Gasteiger partial charge is 0.493 e. The van der Waals surface area contributed by atoms with E-state index in [0.717, 1.165) is 5.56 Å². The average Bonchev–Trinajstić information content (AvgIpc) is 2.85. The molecule has 3 aromatic carbocycles. The number of hydrogen-bond donors (Lipinski definition) is 1. The van der Waals surface area contributed by atoms with Crippen LogP contribution in [0.2, 0.25) is 5.02 Å². The molecule has 3 aromatic rings. The van der Waals surface area contributed by atoms with Crippen molar-refractivity contribution < 1.29 is 23.7 Å². The van der Waals surface area contributed by atoms with Crippen LogP contribution in [0.25, 0.3) is 0 Å². The lowest BCUT2D eigenvalue weighted by atomic mass is 10.1. The number of halogens is 1. The molecule has 0 saturated heterocycles. The van der Waals surface area contributed by atoms with Gasteiger partial charge >= 0.3 is 0 Å². The van der Waals surface area contributed by atoms with Crippen LogP contribution in [0, 0.1) is 6.92 Å². The third-order valence-electron chi connectivity index (χ3n) is 4.94. The molecule has 0 saturated carbocycles. The Morgan fingerprint density at radius 1 is 0.943 bits per heavy atom. The highest BCUT2D eigenvalue weighted by molar-refractivity contribution is 6.32. The Balaban J connectivity index is 1.70. The first-order valence-corrected chi connectivity index (χ1v) is 11.6. The minimum atomic E-state index is -0.392. The Labute approximate surface area is 210 Å². The Morgan fingerprint density at radius 3 is 2.34 bits per heavy atom. The highest BCUT2D eigenvalue weighted by atomic mass is 35.5. The monoisotopic (exact) mass is 496 g/mol. The minimum Gasteiger partial charge on any atom is -0.493 e. The zero-order valence-electron chi connectivity index (χ0n) is 20.3. The van der Waals surface area contributed by atoms with Crippen molar-refractivity contribution in [2.45, 2.75) is 27.4 Å². The van der Waals surface area contributed by atoms with Gasteiger partial charge in [0.05, 0.1) is 31.6 Å². The zero-order chi connectivity index (χ0) is 25.2. The molecule has 0 atom stereocenters. The number of aryl methyl sites for hydroxylation is 1. The highest BCUT2D eigenvalue weighted by Gasteiger charge is 2.13. The molecule has 0 fully saturated rings. The molecule has 1 N–H and O–H groups in total. The molecule has 0 aliphatic carbocycles. The molecule has 1 amide bonds. The number of hydrazone groups is 1. The minimum absolute atomic E-state index is 0.356. The lowest BCUT2D eigenvalue weighted by Gasteiger charge is -2.14. The summed E-state index contributed by atoms with van der Waals surface area (Å²) in [6.07, 6.45) is 1.49. The summed E-state index contributed by atoms with van der Waals surface area (Å²) < 4.78 is 22.5. The highest BCUT2D eigenvalue weighted by Crippen LogP contribution is 2.37. The number of nitrogens with zero attached hydrogens (tertiary/aromatic N) is 1. The van der Waals surface area contributed by atoms with Crippen molar-refractivity contribution in [3.05, 3.63) is 81.9 Å². The van der Waals surface area contributed by atoms with Gasteiger partial charge in [0.25, 0.3) is 5.91 Å². The lowest BCUT2D eigenvalue weighted by molar-refractivity contribution is 0.0954. The third-order valence-corrected chi connectivity index (χ3v) is 5.22. The fourth-order valence-corrected chi connectivity index (χ4v) is 3.49. The topological polar surface area (TPSA) is 78.4 Å². The Bertz CT molecular complexity index is 1180. The smallest absolute Gasteiger partial charge is 0.271 e. The Hall–Kier alpha value is -3.71. The summed E-state index contributed by atoms with van der Waals surface area (Å²) in [5.74, 6) is 1.60. The Morgan fingerprint density at radius 2 is 1.66 bits per heavy atom. The first-order chi connectivity index (χ1) is 16.9. The van der Waals surface area contributed by atoms with E-state index in [1.54, 1.807) is 30.3 Å². The fourth-order valence-electron chi connectivity index (χ4n) is 3.22. The van der Waals surface area contributed by atoms with Crippen molar-refractivity contribution >= 4 is 23.7 Å². The van der Waals surface area contributed by atoms with Crippen molar-refractivity contribution in [2.24, 2.45) is 5.10 Å². The first-order valence-electron chi connectivity index (χ1n) is 11.2. The van der Waals surface area contributed by atoms with E-state index in [1.165, 1.54) is 18.9 Å². The van der Waals surface area contributed by atoms with Crippen LogP contribution < -0.4 is 24.4 Å². The number of amides is 1. The molecule has 0 spiro atoms. The average molecular weight is 497 g/mol. The maximum Gasteiger partial charge on any atom is 0.271 e. The SMILES string of the molecule is CCOc1ccc(C(=O)N/N=C/c2cc(Cl)c(OCc3ccc(C)cc3)c(OCC)c2)cc1OC. The van der Waals surface area contributed by atoms with Crippen LogP contribution in [0.5, 0.6) is 23.0 Å². The molecule has 8 heteroatoms. The van der Waals surface area contributed by atoms with E-state index in [1.807, 2.05) is 45.0 Å². The predicted octanol–water partition coefficient (Wildman–Crippen LogP) is 5.80. The molecule has 7 nitrogen and oxygen atoms in total. The first kappa shape index (κ1) is 25.9. The van der Waals surface area contributed by atoms with Gasteiger partial charge in [0.2, 0.25) is 0 Å². The van der Waals surface area contributed by atoms with E-state index < -0.39 is 5.91 Å². The van der Waals surface area contributed by atoms with Crippen molar-refractivity contribution in [1.82, 2.24) is 5.43 Å². The fraction of sp³-hybridized carbons (Fsp3) is 0.259. The van der Waals surface area contributed by atoms with E-state index in [-0.39, 0.29) is 0 Å². The van der Waals surface area contributed by atoms with Crippen molar-refractivity contribution in [3.63, 3.8) is 0 Å². The molecular formula is C27H29ClN2O5. The predicted molar refractivity (Wildman–Crippen MR) is 137 cm³/mol. The number of nitrogens with one attached hydrogen (secondary N) is 1. The third kappa shape index (κ3) is 7.13. The molecule has 0 bridgehead atoms. The maximum absolute atomic E-state index is 12.5. The summed E-state index contributed by atoms with van der Waals surface area (Å²) in [6.45, 7) is 7.08. The van der Waals surface area contributed by atoms with E-state index >= 15 is 0 Å². The molecule has 0 aliphatic rings. The quantitative estimate of drug-likeness (QED) is 0.268. The van der Waals surface area contributed by atoms with Gasteiger partial charge in [-0.05, 0) is 62.2 Å². The molecular weight excluding hydrogens is 468 g/mol. The maximum atomic E-state index is 12.5. The Kier molecular flexibility index (Phi) is 9.38. The molecule has 35 heavy (non-hydrogen) atoms. The summed E-state index contributed by atoms with van der Waals surface area (Å²) in [5.41, 5.74) is 5.74. The molecule has 0 radical (unpaired) electrons. The number of methoxy groups -OCH3 is 1. The van der Waals surface area contributed by atoms with Gasteiger partial charge in [-0.25, -0.2) is 5.43 Å². The number of rotatable bonds is 11.